The second-order valence-electron chi connectivity index (χ2n) is 6.51. The van der Waals surface area contributed by atoms with Crippen LogP contribution < -0.4 is 10.6 Å². The van der Waals surface area contributed by atoms with Crippen molar-refractivity contribution < 1.29 is 18.4 Å². The van der Waals surface area contributed by atoms with E-state index in [0.29, 0.717) is 23.6 Å². The van der Waals surface area contributed by atoms with E-state index in [9.17, 15) is 18.4 Å². The lowest BCUT2D eigenvalue weighted by Gasteiger charge is -2.11. The average Bonchev–Trinajstić information content (AvgIpc) is 3.28. The zero-order valence-electron chi connectivity index (χ0n) is 15.5. The van der Waals surface area contributed by atoms with Crippen LogP contribution in [0.3, 0.4) is 0 Å². The van der Waals surface area contributed by atoms with Crippen LogP contribution in [-0.4, -0.2) is 33.1 Å². The molecule has 0 fully saturated rings. The van der Waals surface area contributed by atoms with Crippen LogP contribution in [0.1, 0.15) is 28.7 Å². The van der Waals surface area contributed by atoms with Crippen molar-refractivity contribution in [3.63, 3.8) is 0 Å². The van der Waals surface area contributed by atoms with Crippen molar-refractivity contribution in [3.8, 4) is 16.9 Å². The quantitative estimate of drug-likeness (QED) is 0.690. The Labute approximate surface area is 164 Å². The lowest BCUT2D eigenvalue weighted by atomic mass is 10.1. The van der Waals surface area contributed by atoms with E-state index in [4.69, 9.17) is 0 Å². The SMILES string of the molecule is CCNC(=O)Cc1ccn(-c2cc(-c3c(F)cccc3F)nc3c2C(=O)NC3)n1. The van der Waals surface area contributed by atoms with Gasteiger partial charge in [0.2, 0.25) is 5.91 Å². The highest BCUT2D eigenvalue weighted by molar-refractivity contribution is 6.01. The lowest BCUT2D eigenvalue weighted by Crippen LogP contribution is -2.24. The molecule has 0 aliphatic carbocycles. The molecule has 0 unspecified atom stereocenters. The molecule has 1 aliphatic rings. The molecule has 3 heterocycles. The Balaban J connectivity index is 1.81. The highest BCUT2D eigenvalue weighted by Crippen LogP contribution is 2.30. The number of aromatic nitrogens is 3. The van der Waals surface area contributed by atoms with Gasteiger partial charge in [-0.15, -0.1) is 0 Å². The fourth-order valence-electron chi connectivity index (χ4n) is 3.28. The topological polar surface area (TPSA) is 88.9 Å². The van der Waals surface area contributed by atoms with Gasteiger partial charge in [-0.1, -0.05) is 6.07 Å². The largest absolute Gasteiger partial charge is 0.356 e. The smallest absolute Gasteiger partial charge is 0.255 e. The second-order valence-corrected chi connectivity index (χ2v) is 6.51. The number of hydrogen-bond donors (Lipinski definition) is 2. The predicted octanol–water partition coefficient (Wildman–Crippen LogP) is 2.13. The Morgan fingerprint density at radius 1 is 1.24 bits per heavy atom. The molecule has 1 aromatic carbocycles. The van der Waals surface area contributed by atoms with Gasteiger partial charge in [-0.2, -0.15) is 5.10 Å². The van der Waals surface area contributed by atoms with Gasteiger partial charge < -0.3 is 10.6 Å². The van der Waals surface area contributed by atoms with Crippen molar-refractivity contribution in [1.29, 1.82) is 0 Å². The van der Waals surface area contributed by atoms with Gasteiger partial charge >= 0.3 is 0 Å². The highest BCUT2D eigenvalue weighted by atomic mass is 19.1. The summed E-state index contributed by atoms with van der Waals surface area (Å²) < 4.78 is 30.0. The van der Waals surface area contributed by atoms with E-state index in [2.05, 4.69) is 20.7 Å². The zero-order valence-corrected chi connectivity index (χ0v) is 15.5. The average molecular weight is 397 g/mol. The van der Waals surface area contributed by atoms with Crippen LogP contribution in [0.25, 0.3) is 16.9 Å². The first-order chi connectivity index (χ1) is 14.0. The van der Waals surface area contributed by atoms with Gasteiger partial charge in [-0.05, 0) is 31.2 Å². The highest BCUT2D eigenvalue weighted by Gasteiger charge is 2.28. The van der Waals surface area contributed by atoms with Crippen LogP contribution >= 0.6 is 0 Å². The Bertz CT molecular complexity index is 1110. The molecule has 0 saturated heterocycles. The zero-order chi connectivity index (χ0) is 20.5. The molecule has 2 aromatic heterocycles. The van der Waals surface area contributed by atoms with Crippen LogP contribution in [0, 0.1) is 11.6 Å². The molecule has 0 atom stereocenters. The molecule has 0 spiro atoms. The van der Waals surface area contributed by atoms with Gasteiger partial charge in [-0.25, -0.2) is 18.4 Å². The van der Waals surface area contributed by atoms with Crippen LogP contribution in [0.4, 0.5) is 8.78 Å². The maximum Gasteiger partial charge on any atom is 0.255 e. The Morgan fingerprint density at radius 2 is 2.00 bits per heavy atom. The summed E-state index contributed by atoms with van der Waals surface area (Å²) in [7, 11) is 0. The number of likely N-dealkylation sites (N-methyl/N-ethyl adjacent to an activating group) is 1. The summed E-state index contributed by atoms with van der Waals surface area (Å²) in [5.74, 6) is -2.02. The first-order valence-electron chi connectivity index (χ1n) is 9.06. The molecule has 0 saturated carbocycles. The number of rotatable bonds is 5. The van der Waals surface area contributed by atoms with E-state index >= 15 is 0 Å². The molecule has 0 bridgehead atoms. The molecular formula is C20H17F2N5O2. The van der Waals surface area contributed by atoms with Crippen molar-refractivity contribution in [2.75, 3.05) is 6.54 Å². The van der Waals surface area contributed by atoms with Crippen LogP contribution in [0.5, 0.6) is 0 Å². The van der Waals surface area contributed by atoms with Crippen molar-refractivity contribution in [2.45, 2.75) is 19.9 Å². The summed E-state index contributed by atoms with van der Waals surface area (Å²) in [6, 6.07) is 6.64. The maximum atomic E-state index is 14.3. The number of carbonyl (C=O) groups excluding carboxylic acids is 2. The standard InChI is InChI=1S/C20H17F2N5O2/c1-2-23-17(28)8-11-6-7-27(26-11)16-9-14(18-12(21)4-3-5-13(18)22)25-15-10-24-20(29)19(15)16/h3-7,9H,2,8,10H2,1H3,(H,23,28)(H,24,29). The Kier molecular flexibility index (Phi) is 4.79. The first-order valence-corrected chi connectivity index (χ1v) is 9.06. The number of carbonyl (C=O) groups is 2. The van der Waals surface area contributed by atoms with Gasteiger partial charge in [0.1, 0.15) is 11.6 Å². The third kappa shape index (κ3) is 3.46. The molecule has 4 rings (SSSR count). The van der Waals surface area contributed by atoms with E-state index in [-0.39, 0.29) is 41.6 Å². The van der Waals surface area contributed by atoms with Crippen molar-refractivity contribution in [3.05, 3.63) is 65.1 Å². The molecule has 9 heteroatoms. The summed E-state index contributed by atoms with van der Waals surface area (Å²) in [5, 5.41) is 9.71. The summed E-state index contributed by atoms with van der Waals surface area (Å²) >= 11 is 0. The normalized spacial score (nSPS) is 12.6. The van der Waals surface area contributed by atoms with Crippen molar-refractivity contribution in [1.82, 2.24) is 25.4 Å². The lowest BCUT2D eigenvalue weighted by molar-refractivity contribution is -0.120. The first kappa shape index (κ1) is 18.7. The van der Waals surface area contributed by atoms with Crippen LogP contribution in [0.2, 0.25) is 0 Å². The number of benzene rings is 1. The van der Waals surface area contributed by atoms with E-state index in [0.717, 1.165) is 12.1 Å². The number of hydrogen-bond acceptors (Lipinski definition) is 4. The molecule has 7 nitrogen and oxygen atoms in total. The minimum absolute atomic E-state index is 0.0617. The third-order valence-corrected chi connectivity index (χ3v) is 4.54. The Hall–Kier alpha value is -3.62. The van der Waals surface area contributed by atoms with Crippen molar-refractivity contribution in [2.24, 2.45) is 0 Å². The molecule has 2 amide bonds. The summed E-state index contributed by atoms with van der Waals surface area (Å²) in [5.41, 5.74) is 1.30. The fourth-order valence-corrected chi connectivity index (χ4v) is 3.28. The van der Waals surface area contributed by atoms with Gasteiger partial charge in [-0.3, -0.25) is 9.59 Å². The molecule has 3 aromatic rings. The minimum atomic E-state index is -0.752. The second kappa shape index (κ2) is 7.42. The number of nitrogens with zero attached hydrogens (tertiary/aromatic N) is 3. The number of halogens is 2. The van der Waals surface area contributed by atoms with Gasteiger partial charge in [0.25, 0.3) is 5.91 Å². The molecule has 148 valence electrons. The minimum Gasteiger partial charge on any atom is -0.356 e. The van der Waals surface area contributed by atoms with Crippen LogP contribution in [-0.2, 0) is 17.8 Å². The summed E-state index contributed by atoms with van der Waals surface area (Å²) in [6.07, 6.45) is 1.67. The van der Waals surface area contributed by atoms with Gasteiger partial charge in [0.15, 0.2) is 0 Å². The molecule has 1 aliphatic heterocycles. The molecule has 0 radical (unpaired) electrons. The van der Waals surface area contributed by atoms with E-state index in [1.54, 1.807) is 12.3 Å². The predicted molar refractivity (Wildman–Crippen MR) is 100 cm³/mol. The number of pyridine rings is 1. The Morgan fingerprint density at radius 3 is 2.72 bits per heavy atom. The van der Waals surface area contributed by atoms with Gasteiger partial charge in [0.05, 0.1) is 46.9 Å². The summed E-state index contributed by atoms with van der Waals surface area (Å²) in [4.78, 5) is 28.4. The van der Waals surface area contributed by atoms with E-state index < -0.39 is 11.6 Å². The van der Waals surface area contributed by atoms with Gasteiger partial charge in [0, 0.05) is 12.7 Å². The molecular weight excluding hydrogens is 380 g/mol. The van der Waals surface area contributed by atoms with Crippen LogP contribution in [0.15, 0.2) is 36.5 Å². The molecule has 29 heavy (non-hydrogen) atoms. The molecule has 2 N–H and O–H groups in total. The van der Waals surface area contributed by atoms with Crippen molar-refractivity contribution >= 4 is 11.8 Å². The number of amides is 2. The van der Waals surface area contributed by atoms with E-state index in [1.165, 1.54) is 16.8 Å². The maximum absolute atomic E-state index is 14.3. The number of fused-ring (bicyclic) bond motifs is 1. The monoisotopic (exact) mass is 397 g/mol. The third-order valence-electron chi connectivity index (χ3n) is 4.54. The summed E-state index contributed by atoms with van der Waals surface area (Å²) in [6.45, 7) is 2.48. The fraction of sp³-hybridized carbons (Fsp3) is 0.200. The van der Waals surface area contributed by atoms with E-state index in [1.807, 2.05) is 6.92 Å². The number of nitrogens with one attached hydrogen (secondary N) is 2.